The summed E-state index contributed by atoms with van der Waals surface area (Å²) in [5.41, 5.74) is 10.1. The van der Waals surface area contributed by atoms with Gasteiger partial charge >= 0.3 is 0 Å². The molecule has 5 heteroatoms. The van der Waals surface area contributed by atoms with E-state index in [1.807, 2.05) is 18.3 Å². The van der Waals surface area contributed by atoms with Crippen molar-refractivity contribution in [1.29, 1.82) is 0 Å². The minimum atomic E-state index is 0.908. The van der Waals surface area contributed by atoms with Gasteiger partial charge < -0.3 is 0 Å². The third kappa shape index (κ3) is 3.45. The fourth-order valence-electron chi connectivity index (χ4n) is 5.72. The van der Waals surface area contributed by atoms with E-state index < -0.39 is 0 Å². The van der Waals surface area contributed by atoms with Crippen molar-refractivity contribution in [3.63, 3.8) is 0 Å². The van der Waals surface area contributed by atoms with E-state index >= 15 is 0 Å². The van der Waals surface area contributed by atoms with E-state index in [4.69, 9.17) is 9.97 Å². The van der Waals surface area contributed by atoms with Crippen molar-refractivity contribution < 1.29 is 0 Å². The second-order valence-corrected chi connectivity index (χ2v) is 9.81. The highest BCUT2D eigenvalue weighted by atomic mass is 15.2. The van der Waals surface area contributed by atoms with E-state index in [9.17, 15) is 0 Å². The summed E-state index contributed by atoms with van der Waals surface area (Å²) in [5, 5.41) is 2.26. The molecule has 4 aromatic heterocycles. The van der Waals surface area contributed by atoms with Gasteiger partial charge in [-0.15, -0.1) is 0 Å². The Bertz CT molecular complexity index is 2090. The number of pyridine rings is 1. The van der Waals surface area contributed by atoms with E-state index in [0.717, 1.165) is 66.9 Å². The molecule has 0 amide bonds. The lowest BCUT2D eigenvalue weighted by atomic mass is 10.1. The van der Waals surface area contributed by atoms with E-state index in [1.165, 1.54) is 0 Å². The summed E-state index contributed by atoms with van der Waals surface area (Å²) in [4.78, 5) is 14.4. The molecule has 0 N–H and O–H groups in total. The third-order valence-corrected chi connectivity index (χ3v) is 7.45. The van der Waals surface area contributed by atoms with Crippen molar-refractivity contribution in [3.05, 3.63) is 140 Å². The molecular formula is C35H23N5. The number of benzene rings is 4. The molecule has 0 saturated carbocycles. The highest BCUT2D eigenvalue weighted by Gasteiger charge is 2.23. The Morgan fingerprint density at radius 2 is 1.10 bits per heavy atom. The number of aromatic nitrogens is 5. The van der Waals surface area contributed by atoms with Crippen LogP contribution in [-0.4, -0.2) is 24.1 Å². The van der Waals surface area contributed by atoms with Crippen molar-refractivity contribution in [2.24, 2.45) is 0 Å². The number of rotatable bonds is 4. The predicted molar refractivity (Wildman–Crippen MR) is 162 cm³/mol. The van der Waals surface area contributed by atoms with Gasteiger partial charge in [-0.25, -0.2) is 15.0 Å². The third-order valence-electron chi connectivity index (χ3n) is 7.45. The summed E-state index contributed by atoms with van der Waals surface area (Å²) in [6, 6.07) is 44.1. The summed E-state index contributed by atoms with van der Waals surface area (Å²) in [5.74, 6) is 0. The largest absolute Gasteiger partial charge is 0.295 e. The van der Waals surface area contributed by atoms with Gasteiger partial charge in [-0.1, -0.05) is 97.1 Å². The molecular weight excluding hydrogens is 490 g/mol. The zero-order valence-electron chi connectivity index (χ0n) is 21.5. The maximum absolute atomic E-state index is 5.12. The zero-order chi connectivity index (χ0) is 26.5. The molecule has 0 fully saturated rings. The van der Waals surface area contributed by atoms with E-state index in [2.05, 4.69) is 129 Å². The lowest BCUT2D eigenvalue weighted by Crippen LogP contribution is -2.03. The number of para-hydroxylation sites is 2. The van der Waals surface area contributed by atoms with Crippen LogP contribution in [0.25, 0.3) is 66.9 Å². The average Bonchev–Trinajstić information content (AvgIpc) is 3.55. The lowest BCUT2D eigenvalue weighted by molar-refractivity contribution is 1.05. The molecule has 0 aliphatic heterocycles. The maximum atomic E-state index is 5.12. The van der Waals surface area contributed by atoms with Crippen LogP contribution in [0.2, 0.25) is 0 Å². The number of fused-ring (bicyclic) bond motifs is 5. The molecule has 0 radical (unpaired) electrons. The first-order valence-corrected chi connectivity index (χ1v) is 13.3. The Labute approximate surface area is 230 Å². The van der Waals surface area contributed by atoms with Gasteiger partial charge in [0.1, 0.15) is 17.5 Å². The summed E-state index contributed by atoms with van der Waals surface area (Å²) >= 11 is 0. The molecule has 8 rings (SSSR count). The van der Waals surface area contributed by atoms with Crippen molar-refractivity contribution in [3.8, 4) is 33.9 Å². The topological polar surface area (TPSA) is 48.5 Å². The van der Waals surface area contributed by atoms with Crippen molar-refractivity contribution in [1.82, 2.24) is 24.1 Å². The van der Waals surface area contributed by atoms with E-state index in [1.54, 1.807) is 6.33 Å². The summed E-state index contributed by atoms with van der Waals surface area (Å²) in [6.07, 6.45) is 3.55. The second-order valence-electron chi connectivity index (χ2n) is 9.81. The van der Waals surface area contributed by atoms with Crippen LogP contribution >= 0.6 is 0 Å². The molecule has 0 unspecified atom stereocenters. The van der Waals surface area contributed by atoms with Gasteiger partial charge in [0.25, 0.3) is 0 Å². The van der Waals surface area contributed by atoms with Crippen molar-refractivity contribution in [2.75, 3.05) is 0 Å². The molecule has 4 aromatic carbocycles. The van der Waals surface area contributed by atoms with Gasteiger partial charge in [0.15, 0.2) is 0 Å². The highest BCUT2D eigenvalue weighted by Crippen LogP contribution is 2.40. The first kappa shape index (κ1) is 22.4. The Morgan fingerprint density at radius 3 is 1.77 bits per heavy atom. The first-order valence-electron chi connectivity index (χ1n) is 13.3. The van der Waals surface area contributed by atoms with Crippen LogP contribution in [0.3, 0.4) is 0 Å². The standard InChI is InChI=1S/C35H23N5/c1-4-12-24(13-5-1)29-20-27(21-30(38-29)25-14-6-2-7-15-25)40-32-22-36-23-37-34(32)33-28-18-10-11-19-31(28)39(35(33)40)26-16-8-3-9-17-26/h1-23H. The molecule has 0 spiro atoms. The second kappa shape index (κ2) is 9.03. The molecule has 0 aliphatic carbocycles. The van der Waals surface area contributed by atoms with Crippen LogP contribution < -0.4 is 0 Å². The summed E-state index contributed by atoms with van der Waals surface area (Å²) in [6.45, 7) is 0. The van der Waals surface area contributed by atoms with Gasteiger partial charge in [-0.3, -0.25) is 9.13 Å². The summed E-state index contributed by atoms with van der Waals surface area (Å²) < 4.78 is 4.62. The SMILES string of the molecule is c1ccc(-c2cc(-n3c4cncnc4c4c5ccccc5n(-c5ccccc5)c43)cc(-c3ccccc3)n2)cc1. The van der Waals surface area contributed by atoms with Crippen molar-refractivity contribution >= 4 is 33.0 Å². The first-order chi connectivity index (χ1) is 19.9. The van der Waals surface area contributed by atoms with Crippen LogP contribution in [-0.2, 0) is 0 Å². The van der Waals surface area contributed by atoms with Gasteiger partial charge in [-0.05, 0) is 30.3 Å². The van der Waals surface area contributed by atoms with Gasteiger partial charge in [0, 0.05) is 22.2 Å². The van der Waals surface area contributed by atoms with Crippen LogP contribution in [0.4, 0.5) is 0 Å². The quantitative estimate of drug-likeness (QED) is 0.238. The molecule has 0 bridgehead atoms. The van der Waals surface area contributed by atoms with Gasteiger partial charge in [0.05, 0.1) is 39.7 Å². The lowest BCUT2D eigenvalue weighted by Gasteiger charge is -2.15. The molecule has 0 aliphatic rings. The van der Waals surface area contributed by atoms with Gasteiger partial charge in [0.2, 0.25) is 0 Å². The van der Waals surface area contributed by atoms with Crippen LogP contribution in [0, 0.1) is 0 Å². The Hall–Kier alpha value is -5.55. The maximum Gasteiger partial charge on any atom is 0.133 e. The average molecular weight is 514 g/mol. The molecule has 0 atom stereocenters. The van der Waals surface area contributed by atoms with Gasteiger partial charge in [-0.2, -0.15) is 0 Å². The Balaban J connectivity index is 1.54. The minimum Gasteiger partial charge on any atom is -0.295 e. The van der Waals surface area contributed by atoms with E-state index in [0.29, 0.717) is 0 Å². The molecule has 188 valence electrons. The smallest absolute Gasteiger partial charge is 0.133 e. The van der Waals surface area contributed by atoms with Crippen LogP contribution in [0.1, 0.15) is 0 Å². The fourth-order valence-corrected chi connectivity index (χ4v) is 5.72. The number of hydrogen-bond acceptors (Lipinski definition) is 3. The monoisotopic (exact) mass is 513 g/mol. The minimum absolute atomic E-state index is 0.908. The number of nitrogens with zero attached hydrogens (tertiary/aromatic N) is 5. The molecule has 0 saturated heterocycles. The summed E-state index contributed by atoms with van der Waals surface area (Å²) in [7, 11) is 0. The van der Waals surface area contributed by atoms with Crippen molar-refractivity contribution in [2.45, 2.75) is 0 Å². The van der Waals surface area contributed by atoms with Crippen LogP contribution in [0.5, 0.6) is 0 Å². The zero-order valence-corrected chi connectivity index (χ0v) is 21.5. The molecule has 40 heavy (non-hydrogen) atoms. The molecule has 4 heterocycles. The van der Waals surface area contributed by atoms with E-state index in [-0.39, 0.29) is 0 Å². The fraction of sp³-hybridized carbons (Fsp3) is 0. The van der Waals surface area contributed by atoms with Crippen LogP contribution in [0.15, 0.2) is 140 Å². The Kier molecular flexibility index (Phi) is 5.07. The molecule has 5 nitrogen and oxygen atoms in total. The Morgan fingerprint density at radius 1 is 0.525 bits per heavy atom. The predicted octanol–water partition coefficient (Wildman–Crippen LogP) is 8.25. The highest BCUT2D eigenvalue weighted by molar-refractivity contribution is 6.21. The normalized spacial score (nSPS) is 11.5. The molecule has 8 aromatic rings. The number of hydrogen-bond donors (Lipinski definition) is 0.